The minimum atomic E-state index is -0.801. The van der Waals surface area contributed by atoms with Crippen molar-refractivity contribution >= 4 is 12.0 Å². The molecule has 17 heavy (non-hydrogen) atoms. The number of carboxylic acids is 1. The van der Waals surface area contributed by atoms with Crippen LogP contribution in [0.5, 0.6) is 0 Å². The molecule has 0 aromatic heterocycles. The van der Waals surface area contributed by atoms with Crippen molar-refractivity contribution < 1.29 is 14.7 Å². The molecule has 1 aliphatic heterocycles. The van der Waals surface area contributed by atoms with Gasteiger partial charge in [0.05, 0.1) is 5.92 Å². The summed E-state index contributed by atoms with van der Waals surface area (Å²) in [4.78, 5) is 24.4. The van der Waals surface area contributed by atoms with Gasteiger partial charge in [0.2, 0.25) is 0 Å². The molecule has 0 aromatic carbocycles. The molecule has 2 amide bonds. The lowest BCUT2D eigenvalue weighted by atomic mass is 9.99. The molecular formula is C12H18N2O3. The number of amides is 2. The highest BCUT2D eigenvalue weighted by atomic mass is 16.4. The van der Waals surface area contributed by atoms with Crippen molar-refractivity contribution in [1.82, 2.24) is 10.2 Å². The van der Waals surface area contributed by atoms with Gasteiger partial charge in [-0.2, -0.15) is 0 Å². The standard InChI is InChI=1S/C12H18N2O3/c15-11(16)9-4-3-7-14(8-9)12(17)13-10-5-1-2-6-10/h1-2,9-10H,3-8H2,(H,13,17)(H,15,16)/t9-/m1/s1. The molecule has 0 bridgehead atoms. The third kappa shape index (κ3) is 2.99. The zero-order valence-electron chi connectivity index (χ0n) is 9.76. The first-order valence-electron chi connectivity index (χ1n) is 6.10. The monoisotopic (exact) mass is 238 g/mol. The summed E-state index contributed by atoms with van der Waals surface area (Å²) in [6, 6.07) is 0.0670. The van der Waals surface area contributed by atoms with Crippen molar-refractivity contribution in [2.45, 2.75) is 31.7 Å². The summed E-state index contributed by atoms with van der Waals surface area (Å²) in [5.41, 5.74) is 0. The fourth-order valence-electron chi connectivity index (χ4n) is 2.36. The Labute approximate surface area is 100 Å². The number of nitrogens with one attached hydrogen (secondary N) is 1. The predicted molar refractivity (Wildman–Crippen MR) is 62.6 cm³/mol. The van der Waals surface area contributed by atoms with Crippen LogP contribution in [0.1, 0.15) is 25.7 Å². The molecule has 5 nitrogen and oxygen atoms in total. The Morgan fingerprint density at radius 3 is 2.65 bits per heavy atom. The van der Waals surface area contributed by atoms with E-state index in [2.05, 4.69) is 17.5 Å². The molecule has 1 aliphatic carbocycles. The number of nitrogens with zero attached hydrogens (tertiary/aromatic N) is 1. The highest BCUT2D eigenvalue weighted by Gasteiger charge is 2.28. The van der Waals surface area contributed by atoms with Crippen LogP contribution < -0.4 is 5.32 Å². The fraction of sp³-hybridized carbons (Fsp3) is 0.667. The van der Waals surface area contributed by atoms with Crippen molar-refractivity contribution in [2.24, 2.45) is 5.92 Å². The van der Waals surface area contributed by atoms with Gasteiger partial charge in [-0.1, -0.05) is 12.2 Å². The van der Waals surface area contributed by atoms with Crippen LogP contribution >= 0.6 is 0 Å². The van der Waals surface area contributed by atoms with E-state index in [1.165, 1.54) is 0 Å². The van der Waals surface area contributed by atoms with E-state index in [0.717, 1.165) is 19.3 Å². The molecule has 0 aromatic rings. The zero-order valence-corrected chi connectivity index (χ0v) is 9.76. The van der Waals surface area contributed by atoms with Crippen molar-refractivity contribution in [3.05, 3.63) is 12.2 Å². The smallest absolute Gasteiger partial charge is 0.317 e. The minimum absolute atomic E-state index is 0.121. The van der Waals surface area contributed by atoms with E-state index in [1.54, 1.807) is 4.90 Å². The number of carboxylic acid groups (broad SMARTS) is 1. The maximum atomic E-state index is 11.9. The van der Waals surface area contributed by atoms with Gasteiger partial charge in [0, 0.05) is 19.1 Å². The molecule has 0 saturated carbocycles. The Morgan fingerprint density at radius 1 is 1.29 bits per heavy atom. The van der Waals surface area contributed by atoms with Crippen LogP contribution in [0, 0.1) is 5.92 Å². The van der Waals surface area contributed by atoms with Crippen LogP contribution in [0.25, 0.3) is 0 Å². The Kier molecular flexibility index (Phi) is 3.66. The van der Waals surface area contributed by atoms with E-state index in [0.29, 0.717) is 19.5 Å². The largest absolute Gasteiger partial charge is 0.481 e. The number of rotatable bonds is 2. The topological polar surface area (TPSA) is 69.6 Å². The molecule has 2 rings (SSSR count). The van der Waals surface area contributed by atoms with Gasteiger partial charge in [-0.25, -0.2) is 4.79 Å². The summed E-state index contributed by atoms with van der Waals surface area (Å²) in [7, 11) is 0. The Bertz CT molecular complexity index is 333. The molecule has 0 radical (unpaired) electrons. The van der Waals surface area contributed by atoms with E-state index in [1.807, 2.05) is 0 Å². The van der Waals surface area contributed by atoms with Crippen molar-refractivity contribution in [3.8, 4) is 0 Å². The summed E-state index contributed by atoms with van der Waals surface area (Å²) in [5, 5.41) is 11.9. The summed E-state index contributed by atoms with van der Waals surface area (Å²) in [6.07, 6.45) is 7.31. The first kappa shape index (κ1) is 12.0. The number of carbonyl (C=O) groups excluding carboxylic acids is 1. The minimum Gasteiger partial charge on any atom is -0.481 e. The van der Waals surface area contributed by atoms with Gasteiger partial charge < -0.3 is 15.3 Å². The molecule has 5 heteroatoms. The number of likely N-dealkylation sites (tertiary alicyclic amines) is 1. The summed E-state index contributed by atoms with van der Waals surface area (Å²) >= 11 is 0. The number of aliphatic carboxylic acids is 1. The average molecular weight is 238 g/mol. The highest BCUT2D eigenvalue weighted by Crippen LogP contribution is 2.17. The van der Waals surface area contributed by atoms with Gasteiger partial charge in [0.1, 0.15) is 0 Å². The molecule has 1 heterocycles. The first-order valence-corrected chi connectivity index (χ1v) is 6.10. The normalized spacial score (nSPS) is 24.9. The SMILES string of the molecule is O=C(O)[C@@H]1CCCN(C(=O)NC2CC=CC2)C1. The number of carbonyl (C=O) groups is 2. The number of piperidine rings is 1. The van der Waals surface area contributed by atoms with Crippen LogP contribution in [0.4, 0.5) is 4.79 Å². The van der Waals surface area contributed by atoms with Crippen LogP contribution in [0.2, 0.25) is 0 Å². The Balaban J connectivity index is 1.84. The van der Waals surface area contributed by atoms with E-state index in [4.69, 9.17) is 5.11 Å². The van der Waals surface area contributed by atoms with E-state index in [9.17, 15) is 9.59 Å². The fourth-order valence-corrected chi connectivity index (χ4v) is 2.36. The van der Waals surface area contributed by atoms with E-state index in [-0.39, 0.29) is 12.1 Å². The van der Waals surface area contributed by atoms with Gasteiger partial charge >= 0.3 is 12.0 Å². The van der Waals surface area contributed by atoms with Crippen molar-refractivity contribution in [1.29, 1.82) is 0 Å². The van der Waals surface area contributed by atoms with Gasteiger partial charge in [0.15, 0.2) is 0 Å². The van der Waals surface area contributed by atoms with Gasteiger partial charge in [-0.3, -0.25) is 4.79 Å². The van der Waals surface area contributed by atoms with Crippen molar-refractivity contribution in [2.75, 3.05) is 13.1 Å². The maximum absolute atomic E-state index is 11.9. The number of hydrogen-bond donors (Lipinski definition) is 2. The second-order valence-corrected chi connectivity index (χ2v) is 4.71. The lowest BCUT2D eigenvalue weighted by molar-refractivity contribution is -0.143. The Hall–Kier alpha value is -1.52. The lowest BCUT2D eigenvalue weighted by Gasteiger charge is -2.31. The summed E-state index contributed by atoms with van der Waals surface area (Å²) in [5.74, 6) is -1.21. The average Bonchev–Trinajstić information content (AvgIpc) is 2.82. The number of hydrogen-bond acceptors (Lipinski definition) is 2. The molecule has 0 unspecified atom stereocenters. The summed E-state index contributed by atoms with van der Waals surface area (Å²) < 4.78 is 0. The van der Waals surface area contributed by atoms with Gasteiger partial charge in [-0.15, -0.1) is 0 Å². The zero-order chi connectivity index (χ0) is 12.3. The Morgan fingerprint density at radius 2 is 2.00 bits per heavy atom. The predicted octanol–water partition coefficient (Wildman–Crippen LogP) is 1.21. The van der Waals surface area contributed by atoms with Gasteiger partial charge in [0.25, 0.3) is 0 Å². The van der Waals surface area contributed by atoms with E-state index >= 15 is 0 Å². The van der Waals surface area contributed by atoms with Gasteiger partial charge in [-0.05, 0) is 25.7 Å². The van der Waals surface area contributed by atoms with Crippen LogP contribution in [-0.4, -0.2) is 41.1 Å². The maximum Gasteiger partial charge on any atom is 0.317 e. The van der Waals surface area contributed by atoms with E-state index < -0.39 is 11.9 Å². The molecule has 0 spiro atoms. The van der Waals surface area contributed by atoms with Crippen LogP contribution in [-0.2, 0) is 4.79 Å². The highest BCUT2D eigenvalue weighted by molar-refractivity contribution is 5.76. The van der Waals surface area contributed by atoms with Crippen LogP contribution in [0.15, 0.2) is 12.2 Å². The molecule has 2 N–H and O–H groups in total. The third-order valence-electron chi connectivity index (χ3n) is 3.39. The second-order valence-electron chi connectivity index (χ2n) is 4.71. The quantitative estimate of drug-likeness (QED) is 0.710. The molecular weight excluding hydrogens is 220 g/mol. The van der Waals surface area contributed by atoms with Crippen molar-refractivity contribution in [3.63, 3.8) is 0 Å². The molecule has 1 atom stereocenters. The summed E-state index contributed by atoms with van der Waals surface area (Å²) in [6.45, 7) is 0.997. The lowest BCUT2D eigenvalue weighted by Crippen LogP contribution is -2.49. The molecule has 1 saturated heterocycles. The second kappa shape index (κ2) is 5.21. The molecule has 1 fully saturated rings. The van der Waals surface area contributed by atoms with Crippen LogP contribution in [0.3, 0.4) is 0 Å². The first-order chi connectivity index (χ1) is 8.16. The molecule has 2 aliphatic rings. The third-order valence-corrected chi connectivity index (χ3v) is 3.39. The number of urea groups is 1. The molecule has 94 valence electrons.